The fourth-order valence-corrected chi connectivity index (χ4v) is 2.03. The first-order valence-electron chi connectivity index (χ1n) is 7.09. The number of hydrogen-bond acceptors (Lipinski definition) is 2. The normalized spacial score (nSPS) is 11.6. The number of alkyl halides is 3. The predicted octanol–water partition coefficient (Wildman–Crippen LogP) is 4.06. The number of carbonyl (C=O) groups excluding carboxylic acids is 1. The minimum atomic E-state index is -4.50. The van der Waals surface area contributed by atoms with E-state index >= 15 is 0 Å². The second kappa shape index (κ2) is 7.33. The summed E-state index contributed by atoms with van der Waals surface area (Å²) in [5, 5.41) is 5.40. The van der Waals surface area contributed by atoms with Crippen molar-refractivity contribution in [2.45, 2.75) is 45.8 Å². The molecule has 1 amide bonds. The average molecular weight is 302 g/mol. The van der Waals surface area contributed by atoms with Crippen LogP contribution in [0.2, 0.25) is 0 Å². The lowest BCUT2D eigenvalue weighted by Gasteiger charge is -2.17. The SMILES string of the molecule is CCNc1ccc(C(=O)NC(CC)CC)cc1C(F)(F)F. The molecule has 2 N–H and O–H groups in total. The Labute approximate surface area is 122 Å². The van der Waals surface area contributed by atoms with Gasteiger partial charge in [-0.25, -0.2) is 0 Å². The molecule has 21 heavy (non-hydrogen) atoms. The Morgan fingerprint density at radius 3 is 2.29 bits per heavy atom. The van der Waals surface area contributed by atoms with Crippen LogP contribution in [0.1, 0.15) is 49.5 Å². The molecule has 0 spiro atoms. The molecule has 0 bridgehead atoms. The molecule has 0 unspecified atom stereocenters. The topological polar surface area (TPSA) is 41.1 Å². The summed E-state index contributed by atoms with van der Waals surface area (Å²) >= 11 is 0. The average Bonchev–Trinajstić information content (AvgIpc) is 2.44. The minimum Gasteiger partial charge on any atom is -0.385 e. The molecule has 0 saturated heterocycles. The first-order chi connectivity index (χ1) is 9.83. The monoisotopic (exact) mass is 302 g/mol. The molecular weight excluding hydrogens is 281 g/mol. The van der Waals surface area contributed by atoms with Crippen LogP contribution in [0.25, 0.3) is 0 Å². The molecule has 0 atom stereocenters. The maximum Gasteiger partial charge on any atom is 0.418 e. The summed E-state index contributed by atoms with van der Waals surface area (Å²) in [6.45, 7) is 5.93. The third-order valence-electron chi connectivity index (χ3n) is 3.28. The van der Waals surface area contributed by atoms with Gasteiger partial charge in [-0.2, -0.15) is 13.2 Å². The quantitative estimate of drug-likeness (QED) is 0.832. The molecule has 0 aromatic heterocycles. The summed E-state index contributed by atoms with van der Waals surface area (Å²) in [5.41, 5.74) is -0.804. The van der Waals surface area contributed by atoms with E-state index in [1.165, 1.54) is 12.1 Å². The van der Waals surface area contributed by atoms with E-state index in [4.69, 9.17) is 0 Å². The van der Waals surface area contributed by atoms with E-state index in [0.29, 0.717) is 6.54 Å². The lowest BCUT2D eigenvalue weighted by Crippen LogP contribution is -2.34. The third kappa shape index (κ3) is 4.65. The van der Waals surface area contributed by atoms with Gasteiger partial charge < -0.3 is 10.6 Å². The van der Waals surface area contributed by atoms with Gasteiger partial charge in [0.05, 0.1) is 5.56 Å². The number of amides is 1. The fourth-order valence-electron chi connectivity index (χ4n) is 2.03. The number of carbonyl (C=O) groups is 1. The molecule has 0 saturated carbocycles. The van der Waals surface area contributed by atoms with Gasteiger partial charge in [0.1, 0.15) is 0 Å². The molecule has 6 heteroatoms. The van der Waals surface area contributed by atoms with Crippen LogP contribution < -0.4 is 10.6 Å². The van der Waals surface area contributed by atoms with Gasteiger partial charge in [-0.3, -0.25) is 4.79 Å². The van der Waals surface area contributed by atoms with Crippen LogP contribution in [0.5, 0.6) is 0 Å². The van der Waals surface area contributed by atoms with Crippen LogP contribution in [0, 0.1) is 0 Å². The highest BCUT2D eigenvalue weighted by Gasteiger charge is 2.34. The number of nitrogens with one attached hydrogen (secondary N) is 2. The first kappa shape index (κ1) is 17.3. The summed E-state index contributed by atoms with van der Waals surface area (Å²) < 4.78 is 39.1. The van der Waals surface area contributed by atoms with Crippen LogP contribution in [0.4, 0.5) is 18.9 Å². The number of rotatable bonds is 6. The van der Waals surface area contributed by atoms with E-state index in [1.807, 2.05) is 13.8 Å². The van der Waals surface area contributed by atoms with Gasteiger partial charge in [0.25, 0.3) is 5.91 Å². The lowest BCUT2D eigenvalue weighted by molar-refractivity contribution is -0.137. The third-order valence-corrected chi connectivity index (χ3v) is 3.28. The molecule has 0 fully saturated rings. The number of hydrogen-bond donors (Lipinski definition) is 2. The maximum atomic E-state index is 13.0. The standard InChI is InChI=1S/C15H21F3N2O/c1-4-11(5-2)20-14(21)10-7-8-13(19-6-3)12(9-10)15(16,17)18/h7-9,11,19H,4-6H2,1-3H3,(H,20,21). The Hall–Kier alpha value is -1.72. The Balaban J connectivity index is 3.07. The number of benzene rings is 1. The maximum absolute atomic E-state index is 13.0. The Kier molecular flexibility index (Phi) is 6.05. The zero-order chi connectivity index (χ0) is 16.0. The first-order valence-corrected chi connectivity index (χ1v) is 7.09. The zero-order valence-corrected chi connectivity index (χ0v) is 12.5. The highest BCUT2D eigenvalue weighted by atomic mass is 19.4. The van der Waals surface area contributed by atoms with E-state index in [9.17, 15) is 18.0 Å². The van der Waals surface area contributed by atoms with E-state index in [-0.39, 0.29) is 17.3 Å². The molecule has 0 aliphatic rings. The predicted molar refractivity (Wildman–Crippen MR) is 77.4 cm³/mol. The van der Waals surface area contributed by atoms with Crippen molar-refractivity contribution in [3.8, 4) is 0 Å². The smallest absolute Gasteiger partial charge is 0.385 e. The van der Waals surface area contributed by atoms with E-state index in [1.54, 1.807) is 6.92 Å². The second-order valence-corrected chi connectivity index (χ2v) is 4.78. The van der Waals surface area contributed by atoms with Crippen molar-refractivity contribution < 1.29 is 18.0 Å². The summed E-state index contributed by atoms with van der Waals surface area (Å²) in [7, 11) is 0. The molecule has 0 aliphatic heterocycles. The van der Waals surface area contributed by atoms with Crippen LogP contribution in [-0.2, 0) is 6.18 Å². The fraction of sp³-hybridized carbons (Fsp3) is 0.533. The second-order valence-electron chi connectivity index (χ2n) is 4.78. The van der Waals surface area contributed by atoms with Crippen molar-refractivity contribution >= 4 is 11.6 Å². The summed E-state index contributed by atoms with van der Waals surface area (Å²) in [6.07, 6.45) is -3.02. The summed E-state index contributed by atoms with van der Waals surface area (Å²) in [5.74, 6) is -0.475. The highest BCUT2D eigenvalue weighted by Crippen LogP contribution is 2.35. The Bertz CT molecular complexity index is 482. The van der Waals surface area contributed by atoms with Crippen molar-refractivity contribution in [1.29, 1.82) is 0 Å². The summed E-state index contributed by atoms with van der Waals surface area (Å²) in [4.78, 5) is 12.0. The van der Waals surface area contributed by atoms with E-state index in [0.717, 1.165) is 18.9 Å². The molecular formula is C15H21F3N2O. The van der Waals surface area contributed by atoms with Crippen LogP contribution in [0.15, 0.2) is 18.2 Å². The van der Waals surface area contributed by atoms with Crippen LogP contribution >= 0.6 is 0 Å². The van der Waals surface area contributed by atoms with Crippen LogP contribution in [0.3, 0.4) is 0 Å². The van der Waals surface area contributed by atoms with E-state index in [2.05, 4.69) is 10.6 Å². The molecule has 0 aliphatic carbocycles. The van der Waals surface area contributed by atoms with Gasteiger partial charge in [0.2, 0.25) is 0 Å². The van der Waals surface area contributed by atoms with E-state index < -0.39 is 17.6 Å². The van der Waals surface area contributed by atoms with Crippen LogP contribution in [-0.4, -0.2) is 18.5 Å². The molecule has 3 nitrogen and oxygen atoms in total. The largest absolute Gasteiger partial charge is 0.418 e. The molecule has 1 aromatic rings. The van der Waals surface area contributed by atoms with Gasteiger partial charge in [-0.15, -0.1) is 0 Å². The zero-order valence-electron chi connectivity index (χ0n) is 12.5. The number of anilines is 1. The van der Waals surface area contributed by atoms with Crippen molar-refractivity contribution in [2.75, 3.05) is 11.9 Å². The number of halogens is 3. The molecule has 0 radical (unpaired) electrons. The van der Waals surface area contributed by atoms with Crippen molar-refractivity contribution in [1.82, 2.24) is 5.32 Å². The molecule has 0 heterocycles. The van der Waals surface area contributed by atoms with Crippen molar-refractivity contribution in [3.05, 3.63) is 29.3 Å². The molecule has 1 aromatic carbocycles. The van der Waals surface area contributed by atoms with Gasteiger partial charge >= 0.3 is 6.18 Å². The highest BCUT2D eigenvalue weighted by molar-refractivity contribution is 5.95. The lowest BCUT2D eigenvalue weighted by atomic mass is 10.1. The van der Waals surface area contributed by atoms with Crippen molar-refractivity contribution in [3.63, 3.8) is 0 Å². The van der Waals surface area contributed by atoms with Gasteiger partial charge in [0, 0.05) is 23.8 Å². The van der Waals surface area contributed by atoms with Gasteiger partial charge in [-0.1, -0.05) is 13.8 Å². The van der Waals surface area contributed by atoms with Crippen molar-refractivity contribution in [2.24, 2.45) is 0 Å². The van der Waals surface area contributed by atoms with Gasteiger partial charge in [0.15, 0.2) is 0 Å². The molecule has 1 rings (SSSR count). The Morgan fingerprint density at radius 1 is 1.19 bits per heavy atom. The Morgan fingerprint density at radius 2 is 1.81 bits per heavy atom. The molecule has 118 valence electrons. The van der Waals surface area contributed by atoms with Gasteiger partial charge in [-0.05, 0) is 38.0 Å². The minimum absolute atomic E-state index is 0.0101. The summed E-state index contributed by atoms with van der Waals surface area (Å²) in [6, 6.07) is 3.58.